The number of hydrogen-bond donors (Lipinski definition) is 2. The predicted octanol–water partition coefficient (Wildman–Crippen LogP) is 4.21. The number of thiophene rings is 1. The number of thiocarbonyl (C=S) groups is 1. The van der Waals surface area contributed by atoms with Crippen LogP contribution in [-0.2, 0) is 13.0 Å². The summed E-state index contributed by atoms with van der Waals surface area (Å²) in [5.74, 6) is 0.874. The number of nitrogens with zero attached hydrogens (tertiary/aromatic N) is 1. The molecule has 1 fully saturated rings. The number of aryl methyl sites for hydroxylation is 1. The van der Waals surface area contributed by atoms with Gasteiger partial charge in [0, 0.05) is 29.4 Å². The Kier molecular flexibility index (Phi) is 8.31. The molecule has 1 aromatic carbocycles. The lowest BCUT2D eigenvalue weighted by Gasteiger charge is -2.30. The first-order valence-corrected chi connectivity index (χ1v) is 11.9. The number of likely N-dealkylation sites (tertiary alicyclic amines) is 1. The number of quaternary nitrogens is 1. The Morgan fingerprint density at radius 3 is 2.89 bits per heavy atom. The fourth-order valence-electron chi connectivity index (χ4n) is 4.13. The molecule has 0 spiro atoms. The fourth-order valence-corrected chi connectivity index (χ4v) is 5.12. The maximum atomic E-state index is 5.84. The molecule has 152 valence electrons. The normalized spacial score (nSPS) is 19.4. The maximum Gasteiger partial charge on any atom is 0.173 e. The van der Waals surface area contributed by atoms with E-state index in [-0.39, 0.29) is 0 Å². The molecule has 2 N–H and O–H groups in total. The van der Waals surface area contributed by atoms with Gasteiger partial charge in [0.05, 0.1) is 26.2 Å². The first kappa shape index (κ1) is 21.3. The lowest BCUT2D eigenvalue weighted by atomic mass is 10.0. The molecule has 1 saturated heterocycles. The van der Waals surface area contributed by atoms with Crippen molar-refractivity contribution in [3.8, 4) is 0 Å². The Bertz CT molecular complexity index is 729. The topological polar surface area (TPSA) is 19.7 Å². The van der Waals surface area contributed by atoms with Crippen molar-refractivity contribution < 1.29 is 4.90 Å². The van der Waals surface area contributed by atoms with Crippen LogP contribution in [0.4, 0.5) is 5.69 Å². The van der Waals surface area contributed by atoms with E-state index in [1.54, 1.807) is 4.90 Å². The maximum absolute atomic E-state index is 5.84. The van der Waals surface area contributed by atoms with Crippen LogP contribution < -0.4 is 10.2 Å². The Labute approximate surface area is 179 Å². The van der Waals surface area contributed by atoms with Gasteiger partial charge in [-0.15, -0.1) is 11.3 Å². The molecule has 1 aromatic heterocycles. The smallest absolute Gasteiger partial charge is 0.173 e. The molecule has 0 amide bonds. The van der Waals surface area contributed by atoms with Gasteiger partial charge in [0.15, 0.2) is 5.11 Å². The van der Waals surface area contributed by atoms with Gasteiger partial charge >= 0.3 is 0 Å². The van der Waals surface area contributed by atoms with E-state index in [1.807, 2.05) is 11.3 Å². The van der Waals surface area contributed by atoms with Gasteiger partial charge in [0.25, 0.3) is 0 Å². The van der Waals surface area contributed by atoms with E-state index in [9.17, 15) is 0 Å². The third-order valence-electron chi connectivity index (χ3n) is 5.68. The molecule has 3 nitrogen and oxygen atoms in total. The quantitative estimate of drug-likeness (QED) is 0.629. The number of nitrogens with one attached hydrogen (secondary N) is 2. The van der Waals surface area contributed by atoms with Gasteiger partial charge in [0.2, 0.25) is 0 Å². The summed E-state index contributed by atoms with van der Waals surface area (Å²) < 4.78 is 0. The molecule has 3 rings (SSSR count). The van der Waals surface area contributed by atoms with Crippen molar-refractivity contribution in [3.63, 3.8) is 0 Å². The highest BCUT2D eigenvalue weighted by molar-refractivity contribution is 7.80. The second-order valence-corrected chi connectivity index (χ2v) is 9.42. The SMILES string of the molecule is CCc1ccccc1NC(=S)N(CCC[NH+]1CCCC(C)C1)Cc1cccs1. The van der Waals surface area contributed by atoms with Gasteiger partial charge in [-0.2, -0.15) is 0 Å². The molecule has 0 saturated carbocycles. The molecule has 2 heterocycles. The van der Waals surface area contributed by atoms with E-state index >= 15 is 0 Å². The molecule has 0 bridgehead atoms. The van der Waals surface area contributed by atoms with Crippen LogP contribution in [0, 0.1) is 5.92 Å². The molecule has 2 unspecified atom stereocenters. The Morgan fingerprint density at radius 2 is 2.14 bits per heavy atom. The van der Waals surface area contributed by atoms with E-state index in [1.165, 1.54) is 49.3 Å². The van der Waals surface area contributed by atoms with Crippen molar-refractivity contribution in [1.29, 1.82) is 0 Å². The minimum atomic E-state index is 0.844. The summed E-state index contributed by atoms with van der Waals surface area (Å²) in [4.78, 5) is 5.48. The van der Waals surface area contributed by atoms with Crippen LogP contribution in [-0.4, -0.2) is 36.2 Å². The minimum Gasteiger partial charge on any atom is -0.344 e. The molecule has 2 atom stereocenters. The lowest BCUT2D eigenvalue weighted by Crippen LogP contribution is -3.13. The summed E-state index contributed by atoms with van der Waals surface area (Å²) in [6.45, 7) is 10.4. The van der Waals surface area contributed by atoms with Crippen LogP contribution >= 0.6 is 23.6 Å². The Hall–Kier alpha value is -1.43. The molecule has 0 aliphatic carbocycles. The number of hydrogen-bond acceptors (Lipinski definition) is 2. The second-order valence-electron chi connectivity index (χ2n) is 8.00. The number of rotatable bonds is 8. The number of para-hydroxylation sites is 1. The van der Waals surface area contributed by atoms with Crippen molar-refractivity contribution in [1.82, 2.24) is 4.90 Å². The van der Waals surface area contributed by atoms with E-state index in [4.69, 9.17) is 12.2 Å². The largest absolute Gasteiger partial charge is 0.344 e. The van der Waals surface area contributed by atoms with Crippen LogP contribution in [0.5, 0.6) is 0 Å². The van der Waals surface area contributed by atoms with Crippen molar-refractivity contribution >= 4 is 34.4 Å². The number of benzene rings is 1. The molecule has 1 aliphatic heterocycles. The standard InChI is InChI=1S/C23H33N3S2/c1-3-20-10-4-5-12-22(20)24-23(27)26(18-21-11-7-16-28-21)15-8-14-25-13-6-9-19(2)17-25/h4-5,7,10-12,16,19H,3,6,8-9,13-15,17-18H2,1-2H3,(H,24,27)/p+1. The van der Waals surface area contributed by atoms with E-state index in [2.05, 4.69) is 65.8 Å². The van der Waals surface area contributed by atoms with Crippen LogP contribution in [0.2, 0.25) is 0 Å². The van der Waals surface area contributed by atoms with Gasteiger partial charge in [-0.25, -0.2) is 0 Å². The summed E-state index contributed by atoms with van der Waals surface area (Å²) in [5.41, 5.74) is 2.45. The summed E-state index contributed by atoms with van der Waals surface area (Å²) in [7, 11) is 0. The second kappa shape index (κ2) is 10.9. The molecule has 2 aromatic rings. The highest BCUT2D eigenvalue weighted by Crippen LogP contribution is 2.18. The third kappa shape index (κ3) is 6.29. The highest BCUT2D eigenvalue weighted by Gasteiger charge is 2.20. The Morgan fingerprint density at radius 1 is 1.29 bits per heavy atom. The van der Waals surface area contributed by atoms with Crippen molar-refractivity contribution in [2.75, 3.05) is 31.5 Å². The Balaban J connectivity index is 1.60. The zero-order valence-corrected chi connectivity index (χ0v) is 18.9. The van der Waals surface area contributed by atoms with Gasteiger partial charge in [-0.3, -0.25) is 0 Å². The van der Waals surface area contributed by atoms with E-state index in [0.717, 1.165) is 36.2 Å². The highest BCUT2D eigenvalue weighted by atomic mass is 32.1. The minimum absolute atomic E-state index is 0.844. The molecular weight excluding hydrogens is 382 g/mol. The van der Waals surface area contributed by atoms with E-state index in [0.29, 0.717) is 0 Å². The van der Waals surface area contributed by atoms with Crippen LogP contribution in [0.25, 0.3) is 0 Å². The van der Waals surface area contributed by atoms with Crippen LogP contribution in [0.1, 0.15) is 43.6 Å². The number of piperidine rings is 1. The van der Waals surface area contributed by atoms with Gasteiger partial charge < -0.3 is 15.1 Å². The third-order valence-corrected chi connectivity index (χ3v) is 6.90. The average Bonchev–Trinajstić information content (AvgIpc) is 3.21. The monoisotopic (exact) mass is 416 g/mol. The first-order chi connectivity index (χ1) is 13.7. The van der Waals surface area contributed by atoms with Gasteiger partial charge in [-0.05, 0) is 54.6 Å². The van der Waals surface area contributed by atoms with Crippen LogP contribution in [0.3, 0.4) is 0 Å². The average molecular weight is 417 g/mol. The van der Waals surface area contributed by atoms with Crippen molar-refractivity contribution in [2.45, 2.75) is 46.1 Å². The molecule has 0 radical (unpaired) electrons. The molecule has 5 heteroatoms. The summed E-state index contributed by atoms with van der Waals surface area (Å²) >= 11 is 7.65. The van der Waals surface area contributed by atoms with Crippen LogP contribution in [0.15, 0.2) is 41.8 Å². The number of anilines is 1. The fraction of sp³-hybridized carbons (Fsp3) is 0.522. The van der Waals surface area contributed by atoms with Crippen molar-refractivity contribution in [3.05, 3.63) is 52.2 Å². The predicted molar refractivity (Wildman–Crippen MR) is 125 cm³/mol. The molecule has 28 heavy (non-hydrogen) atoms. The zero-order valence-electron chi connectivity index (χ0n) is 17.2. The summed E-state index contributed by atoms with van der Waals surface area (Å²) in [6, 6.07) is 12.8. The molecule has 1 aliphatic rings. The van der Waals surface area contributed by atoms with Crippen molar-refractivity contribution in [2.24, 2.45) is 5.92 Å². The van der Waals surface area contributed by atoms with E-state index < -0.39 is 0 Å². The zero-order chi connectivity index (χ0) is 19.8. The molecular formula is C23H34N3S2+. The van der Waals surface area contributed by atoms with Gasteiger partial charge in [-0.1, -0.05) is 38.1 Å². The van der Waals surface area contributed by atoms with Gasteiger partial charge in [0.1, 0.15) is 0 Å². The first-order valence-electron chi connectivity index (χ1n) is 10.7. The lowest BCUT2D eigenvalue weighted by molar-refractivity contribution is -0.908. The summed E-state index contributed by atoms with van der Waals surface area (Å²) in [6.07, 6.45) is 4.97. The summed E-state index contributed by atoms with van der Waals surface area (Å²) in [5, 5.41) is 6.52.